The first-order chi connectivity index (χ1) is 17.1. The number of carbonyl (C=O) groups excluding carboxylic acids is 2. The Balaban J connectivity index is 1.70. The average Bonchev–Trinajstić information content (AvgIpc) is 3.68. The van der Waals surface area contributed by atoms with E-state index in [1.807, 2.05) is 13.0 Å². The number of aliphatic carboxylic acids is 1. The number of aryl methyl sites for hydroxylation is 1. The number of carbonyl (C=O) groups is 3. The molecule has 1 saturated carbocycles. The van der Waals surface area contributed by atoms with Crippen molar-refractivity contribution in [2.45, 2.75) is 49.7 Å². The summed E-state index contributed by atoms with van der Waals surface area (Å²) in [6.07, 6.45) is -0.274. The molecule has 0 spiro atoms. The van der Waals surface area contributed by atoms with E-state index in [1.165, 1.54) is 4.90 Å². The van der Waals surface area contributed by atoms with Crippen molar-refractivity contribution in [1.82, 2.24) is 14.5 Å². The summed E-state index contributed by atoms with van der Waals surface area (Å²) < 4.78 is 41.5. The van der Waals surface area contributed by atoms with Crippen LogP contribution in [0.2, 0.25) is 0 Å². The predicted molar refractivity (Wildman–Crippen MR) is 127 cm³/mol. The van der Waals surface area contributed by atoms with Crippen LogP contribution in [0.3, 0.4) is 0 Å². The van der Waals surface area contributed by atoms with Gasteiger partial charge >= 0.3 is 5.97 Å². The Morgan fingerprint density at radius 3 is 2.42 bits per heavy atom. The van der Waals surface area contributed by atoms with Gasteiger partial charge < -0.3 is 15.3 Å². The number of hydrogen-bond donors (Lipinski definition) is 2. The van der Waals surface area contributed by atoms with Crippen LogP contribution in [0.25, 0.3) is 0 Å². The van der Waals surface area contributed by atoms with Crippen molar-refractivity contribution in [3.05, 3.63) is 65.5 Å². The van der Waals surface area contributed by atoms with E-state index in [4.69, 9.17) is 0 Å². The number of halogens is 1. The number of hydrogen-bond acceptors (Lipinski definition) is 5. The van der Waals surface area contributed by atoms with Crippen molar-refractivity contribution >= 4 is 27.8 Å². The second-order valence-electron chi connectivity index (χ2n) is 9.18. The van der Waals surface area contributed by atoms with Crippen LogP contribution in [-0.2, 0) is 24.4 Å². The van der Waals surface area contributed by atoms with Crippen LogP contribution in [0.1, 0.15) is 42.9 Å². The van der Waals surface area contributed by atoms with Gasteiger partial charge in [-0.3, -0.25) is 14.4 Å². The van der Waals surface area contributed by atoms with Crippen LogP contribution in [-0.4, -0.2) is 59.8 Å². The summed E-state index contributed by atoms with van der Waals surface area (Å²) in [6.45, 7) is 1.99. The molecule has 4 rings (SSSR count). The molecule has 36 heavy (non-hydrogen) atoms. The Morgan fingerprint density at radius 1 is 1.11 bits per heavy atom. The fraction of sp³-hybridized carbons (Fsp3) is 0.400. The molecule has 0 bridgehead atoms. The third-order valence-electron chi connectivity index (χ3n) is 6.35. The van der Waals surface area contributed by atoms with Gasteiger partial charge in [0.25, 0.3) is 5.91 Å². The third-order valence-corrected chi connectivity index (χ3v) is 8.22. The molecule has 2 amide bonds. The second-order valence-corrected chi connectivity index (χ2v) is 11.1. The highest BCUT2D eigenvalue weighted by Gasteiger charge is 2.47. The molecular formula is C25H28FN3O6S. The number of carboxylic acid groups (broad SMARTS) is 1. The summed E-state index contributed by atoms with van der Waals surface area (Å²) in [4.78, 5) is 39.4. The molecule has 2 N–H and O–H groups in total. The van der Waals surface area contributed by atoms with E-state index in [0.717, 1.165) is 34.1 Å². The molecule has 2 unspecified atom stereocenters. The Labute approximate surface area is 208 Å². The SMILES string of the molecule is Cc1cccc(C(CC(=O)O)NC(=O)C2N(C(=O)C3CC3)CCCN2S(=O)(=O)c2ccc(F)cc2)c1. The zero-order valence-electron chi connectivity index (χ0n) is 19.8. The van der Waals surface area contributed by atoms with E-state index in [1.54, 1.807) is 18.2 Å². The number of nitrogens with zero attached hydrogens (tertiary/aromatic N) is 2. The average molecular weight is 518 g/mol. The van der Waals surface area contributed by atoms with Gasteiger partial charge in [0, 0.05) is 19.0 Å². The molecule has 2 fully saturated rings. The molecule has 0 aromatic heterocycles. The molecule has 1 aliphatic heterocycles. The molecule has 1 saturated heterocycles. The van der Waals surface area contributed by atoms with Gasteiger partial charge in [0.05, 0.1) is 17.4 Å². The van der Waals surface area contributed by atoms with Crippen molar-refractivity contribution < 1.29 is 32.3 Å². The first-order valence-electron chi connectivity index (χ1n) is 11.7. The van der Waals surface area contributed by atoms with Gasteiger partial charge in [-0.1, -0.05) is 29.8 Å². The Bertz CT molecular complexity index is 1260. The fourth-order valence-corrected chi connectivity index (χ4v) is 6.01. The topological polar surface area (TPSA) is 124 Å². The zero-order chi connectivity index (χ0) is 26.0. The molecule has 0 radical (unpaired) electrons. The van der Waals surface area contributed by atoms with Crippen LogP contribution in [0, 0.1) is 18.7 Å². The summed E-state index contributed by atoms with van der Waals surface area (Å²) in [6, 6.07) is 10.3. The summed E-state index contributed by atoms with van der Waals surface area (Å²) in [5, 5.41) is 12.1. The van der Waals surface area contributed by atoms with Gasteiger partial charge in [-0.05, 0) is 56.0 Å². The van der Waals surface area contributed by atoms with E-state index in [9.17, 15) is 32.3 Å². The number of amides is 2. The minimum Gasteiger partial charge on any atom is -0.481 e. The van der Waals surface area contributed by atoms with Crippen LogP contribution in [0.15, 0.2) is 53.4 Å². The van der Waals surface area contributed by atoms with Crippen molar-refractivity contribution in [2.24, 2.45) is 5.92 Å². The number of benzene rings is 2. The number of nitrogens with one attached hydrogen (secondary N) is 1. The standard InChI is InChI=1S/C25H28FN3O6S/c1-16-4-2-5-18(14-16)21(15-22(30)31)27-23(32)24-28(25(33)17-6-7-17)12-3-13-29(24)36(34,35)20-10-8-19(26)9-11-20/h2,4-5,8-11,14,17,21,24H,3,6-7,12-13,15H2,1H3,(H,27,32)(H,30,31). The van der Waals surface area contributed by atoms with Crippen LogP contribution in [0.5, 0.6) is 0 Å². The Hall–Kier alpha value is -3.31. The number of rotatable bonds is 8. The van der Waals surface area contributed by atoms with Gasteiger partial charge in [-0.2, -0.15) is 4.31 Å². The summed E-state index contributed by atoms with van der Waals surface area (Å²) in [7, 11) is -4.28. The van der Waals surface area contributed by atoms with Crippen LogP contribution >= 0.6 is 0 Å². The third kappa shape index (κ3) is 5.57. The van der Waals surface area contributed by atoms with Gasteiger partial charge in [0.2, 0.25) is 15.9 Å². The Morgan fingerprint density at radius 2 is 1.81 bits per heavy atom. The lowest BCUT2D eigenvalue weighted by Gasteiger charge is -2.42. The molecule has 9 nitrogen and oxygen atoms in total. The highest BCUT2D eigenvalue weighted by Crippen LogP contribution is 2.34. The molecule has 1 aliphatic carbocycles. The van der Waals surface area contributed by atoms with Crippen molar-refractivity contribution in [3.63, 3.8) is 0 Å². The minimum absolute atomic E-state index is 0.0275. The molecule has 2 atom stereocenters. The highest BCUT2D eigenvalue weighted by molar-refractivity contribution is 7.89. The molecule has 11 heteroatoms. The molecule has 2 aromatic rings. The largest absolute Gasteiger partial charge is 0.481 e. The van der Waals surface area contributed by atoms with Gasteiger partial charge in [-0.15, -0.1) is 0 Å². The maximum Gasteiger partial charge on any atom is 0.305 e. The second kappa shape index (κ2) is 10.4. The molecule has 2 aliphatic rings. The van der Waals surface area contributed by atoms with Crippen LogP contribution in [0.4, 0.5) is 4.39 Å². The molecule has 2 aromatic carbocycles. The van der Waals surface area contributed by atoms with E-state index < -0.39 is 46.3 Å². The first kappa shape index (κ1) is 25.8. The van der Waals surface area contributed by atoms with E-state index >= 15 is 0 Å². The van der Waals surface area contributed by atoms with E-state index in [2.05, 4.69) is 5.32 Å². The maximum atomic E-state index is 13.7. The first-order valence-corrected chi connectivity index (χ1v) is 13.2. The van der Waals surface area contributed by atoms with Crippen LogP contribution < -0.4 is 5.32 Å². The number of sulfonamides is 1. The summed E-state index contributed by atoms with van der Waals surface area (Å²) in [5.74, 6) is -3.11. The zero-order valence-corrected chi connectivity index (χ0v) is 20.6. The number of carboxylic acids is 1. The van der Waals surface area contributed by atoms with Gasteiger partial charge in [-0.25, -0.2) is 12.8 Å². The van der Waals surface area contributed by atoms with Gasteiger partial charge in [0.1, 0.15) is 5.82 Å². The normalized spacial score (nSPS) is 19.5. The highest BCUT2D eigenvalue weighted by atomic mass is 32.2. The van der Waals surface area contributed by atoms with Crippen molar-refractivity contribution in [3.8, 4) is 0 Å². The lowest BCUT2D eigenvalue weighted by atomic mass is 10.0. The fourth-order valence-electron chi connectivity index (χ4n) is 4.42. The minimum atomic E-state index is -4.28. The Kier molecular flexibility index (Phi) is 7.41. The van der Waals surface area contributed by atoms with Crippen molar-refractivity contribution in [1.29, 1.82) is 0 Å². The van der Waals surface area contributed by atoms with Crippen molar-refractivity contribution in [2.75, 3.05) is 13.1 Å². The summed E-state index contributed by atoms with van der Waals surface area (Å²) >= 11 is 0. The molecular weight excluding hydrogens is 489 g/mol. The smallest absolute Gasteiger partial charge is 0.305 e. The summed E-state index contributed by atoms with van der Waals surface area (Å²) in [5.41, 5.74) is 1.41. The van der Waals surface area contributed by atoms with E-state index in [0.29, 0.717) is 24.8 Å². The predicted octanol–water partition coefficient (Wildman–Crippen LogP) is 2.43. The monoisotopic (exact) mass is 517 g/mol. The molecule has 1 heterocycles. The maximum absolute atomic E-state index is 13.7. The van der Waals surface area contributed by atoms with Gasteiger partial charge in [0.15, 0.2) is 6.17 Å². The lowest BCUT2D eigenvalue weighted by molar-refractivity contribution is -0.149. The quantitative estimate of drug-likeness (QED) is 0.554. The molecule has 192 valence electrons. The lowest BCUT2D eigenvalue weighted by Crippen LogP contribution is -2.63. The van der Waals surface area contributed by atoms with E-state index in [-0.39, 0.29) is 29.8 Å².